The maximum Gasteiger partial charge on any atom is 0.303 e. The van der Waals surface area contributed by atoms with Gasteiger partial charge in [0, 0.05) is 0 Å². The van der Waals surface area contributed by atoms with E-state index in [4.69, 9.17) is 10.8 Å². The van der Waals surface area contributed by atoms with Gasteiger partial charge in [-0.3, -0.25) is 4.79 Å². The summed E-state index contributed by atoms with van der Waals surface area (Å²) in [5.74, 6) is 0.243. The van der Waals surface area contributed by atoms with Gasteiger partial charge in [-0.05, 0) is 54.9 Å². The number of fused-ring (bicyclic) bond motifs is 1. The first-order chi connectivity index (χ1) is 7.94. The van der Waals surface area contributed by atoms with Gasteiger partial charge in [0.15, 0.2) is 0 Å². The van der Waals surface area contributed by atoms with Gasteiger partial charge in [0.1, 0.15) is 5.67 Å². The summed E-state index contributed by atoms with van der Waals surface area (Å²) in [5.41, 5.74) is 4.51. The third-order valence-corrected chi connectivity index (χ3v) is 6.09. The zero-order chi connectivity index (χ0) is 12.4. The first-order valence-electron chi connectivity index (χ1n) is 6.55. The molecule has 4 heteroatoms. The van der Waals surface area contributed by atoms with Gasteiger partial charge >= 0.3 is 5.97 Å². The van der Waals surface area contributed by atoms with Crippen molar-refractivity contribution in [3.05, 3.63) is 0 Å². The van der Waals surface area contributed by atoms with Crippen LogP contribution in [0.15, 0.2) is 0 Å². The molecular weight excluding hydrogens is 221 g/mol. The zero-order valence-electron chi connectivity index (χ0n) is 10.2. The van der Waals surface area contributed by atoms with Gasteiger partial charge in [-0.1, -0.05) is 6.92 Å². The lowest BCUT2D eigenvalue weighted by Gasteiger charge is -2.61. The third-order valence-electron chi connectivity index (χ3n) is 6.09. The number of aliphatic carboxylic acids is 1. The molecule has 0 aromatic rings. The van der Waals surface area contributed by atoms with Crippen LogP contribution in [0.4, 0.5) is 4.39 Å². The number of hydrogen-bond donors (Lipinski definition) is 2. The molecule has 96 valence electrons. The molecule has 3 nitrogen and oxygen atoms in total. The van der Waals surface area contributed by atoms with Crippen molar-refractivity contribution >= 4 is 5.97 Å². The molecule has 3 fully saturated rings. The molecule has 0 aliphatic heterocycles. The number of nitrogens with two attached hydrogens (primary N) is 1. The lowest BCUT2D eigenvalue weighted by Crippen LogP contribution is -2.61. The summed E-state index contributed by atoms with van der Waals surface area (Å²) in [4.78, 5) is 11.0. The van der Waals surface area contributed by atoms with E-state index >= 15 is 0 Å². The molecule has 3 aliphatic carbocycles. The second-order valence-corrected chi connectivity index (χ2v) is 6.36. The summed E-state index contributed by atoms with van der Waals surface area (Å²) in [6.07, 6.45) is 2.09. The Bertz CT molecular complexity index is 374. The molecule has 6 unspecified atom stereocenters. The molecule has 6 atom stereocenters. The van der Waals surface area contributed by atoms with E-state index < -0.39 is 11.6 Å². The van der Waals surface area contributed by atoms with Crippen molar-refractivity contribution in [3.63, 3.8) is 0 Å². The van der Waals surface area contributed by atoms with Crippen molar-refractivity contribution in [2.75, 3.05) is 6.54 Å². The zero-order valence-corrected chi connectivity index (χ0v) is 10.2. The van der Waals surface area contributed by atoms with Crippen LogP contribution in [-0.2, 0) is 4.79 Å². The predicted octanol–water partition coefficient (Wildman–Crippen LogP) is 1.81. The maximum absolute atomic E-state index is 14.6. The Morgan fingerprint density at radius 2 is 2.24 bits per heavy atom. The van der Waals surface area contributed by atoms with Crippen molar-refractivity contribution < 1.29 is 14.3 Å². The molecule has 0 spiro atoms. The molecule has 0 heterocycles. The second-order valence-electron chi connectivity index (χ2n) is 6.36. The maximum atomic E-state index is 14.6. The molecule has 0 aromatic carbocycles. The van der Waals surface area contributed by atoms with Crippen molar-refractivity contribution in [2.45, 2.75) is 38.3 Å². The van der Waals surface area contributed by atoms with Crippen LogP contribution >= 0.6 is 0 Å². The highest BCUT2D eigenvalue weighted by Gasteiger charge is 2.73. The highest BCUT2D eigenvalue weighted by molar-refractivity contribution is 5.68. The molecule has 3 N–H and O–H groups in total. The van der Waals surface area contributed by atoms with Crippen LogP contribution in [0.3, 0.4) is 0 Å². The molecule has 3 rings (SSSR count). The van der Waals surface area contributed by atoms with Crippen LogP contribution in [0.25, 0.3) is 0 Å². The Kier molecular flexibility index (Phi) is 2.17. The van der Waals surface area contributed by atoms with Gasteiger partial charge in [0.05, 0.1) is 6.42 Å². The fourth-order valence-corrected chi connectivity index (χ4v) is 5.26. The molecule has 0 amide bonds. The Balaban J connectivity index is 1.94. The van der Waals surface area contributed by atoms with Crippen molar-refractivity contribution in [3.8, 4) is 0 Å². The lowest BCUT2D eigenvalue weighted by molar-refractivity contribution is -0.163. The van der Waals surface area contributed by atoms with Crippen molar-refractivity contribution in [1.82, 2.24) is 0 Å². The van der Waals surface area contributed by atoms with E-state index in [1.54, 1.807) is 0 Å². The first-order valence-corrected chi connectivity index (χ1v) is 6.55. The van der Waals surface area contributed by atoms with Crippen LogP contribution < -0.4 is 5.73 Å². The van der Waals surface area contributed by atoms with Crippen molar-refractivity contribution in [2.24, 2.45) is 34.8 Å². The van der Waals surface area contributed by atoms with Gasteiger partial charge in [-0.15, -0.1) is 0 Å². The van der Waals surface area contributed by atoms with Crippen LogP contribution in [0.2, 0.25) is 0 Å². The second kappa shape index (κ2) is 3.22. The largest absolute Gasteiger partial charge is 0.481 e. The molecule has 3 aliphatic rings. The number of rotatable bonds is 3. The van der Waals surface area contributed by atoms with Gasteiger partial charge < -0.3 is 10.8 Å². The number of carbonyl (C=O) groups is 1. The summed E-state index contributed by atoms with van der Waals surface area (Å²) in [7, 11) is 0. The first kappa shape index (κ1) is 11.5. The van der Waals surface area contributed by atoms with Crippen LogP contribution in [0.1, 0.15) is 32.6 Å². The minimum atomic E-state index is -1.04. The molecule has 3 saturated carbocycles. The molecule has 0 aromatic heterocycles. The van der Waals surface area contributed by atoms with Gasteiger partial charge in [0.2, 0.25) is 0 Å². The molecule has 0 radical (unpaired) electrons. The fourth-order valence-electron chi connectivity index (χ4n) is 5.26. The Morgan fingerprint density at radius 1 is 1.53 bits per heavy atom. The normalized spacial score (nSPS) is 55.5. The Morgan fingerprint density at radius 3 is 2.82 bits per heavy atom. The number of carboxylic acid groups (broad SMARTS) is 1. The summed E-state index contributed by atoms with van der Waals surface area (Å²) < 4.78 is 14.6. The number of alkyl halides is 1. The number of halogens is 1. The molecular formula is C13H20FNO2. The molecule has 2 bridgehead atoms. The highest BCUT2D eigenvalue weighted by atomic mass is 19.1. The smallest absolute Gasteiger partial charge is 0.303 e. The third kappa shape index (κ3) is 1.17. The summed E-state index contributed by atoms with van der Waals surface area (Å²) in [5, 5.41) is 9.07. The average Bonchev–Trinajstić information content (AvgIpc) is 2.43. The van der Waals surface area contributed by atoms with Crippen LogP contribution in [0.5, 0.6) is 0 Å². The standard InChI is InChI=1S/C13H20FNO2/c1-7-11-8-2-3-13(7,14)4-9(11)12(8,6-15)5-10(16)17/h7-9,11H,2-6,15H2,1H3,(H,16,17). The van der Waals surface area contributed by atoms with E-state index in [0.717, 1.165) is 6.42 Å². The van der Waals surface area contributed by atoms with Gasteiger partial charge in [-0.25, -0.2) is 4.39 Å². The minimum Gasteiger partial charge on any atom is -0.481 e. The van der Waals surface area contributed by atoms with E-state index in [9.17, 15) is 9.18 Å². The predicted molar refractivity (Wildman–Crippen MR) is 61.1 cm³/mol. The lowest BCUT2D eigenvalue weighted by atomic mass is 9.44. The Labute approximate surface area is 101 Å². The van der Waals surface area contributed by atoms with Gasteiger partial charge in [0.25, 0.3) is 0 Å². The summed E-state index contributed by atoms with van der Waals surface area (Å²) in [6, 6.07) is 0. The van der Waals surface area contributed by atoms with Crippen molar-refractivity contribution in [1.29, 1.82) is 0 Å². The molecule has 17 heavy (non-hydrogen) atoms. The minimum absolute atomic E-state index is 0.0970. The van der Waals surface area contributed by atoms with Crippen LogP contribution in [-0.4, -0.2) is 23.3 Å². The number of carboxylic acids is 1. The quantitative estimate of drug-likeness (QED) is 0.792. The van der Waals surface area contributed by atoms with E-state index in [1.165, 1.54) is 0 Å². The van der Waals surface area contributed by atoms with Crippen LogP contribution in [0, 0.1) is 29.1 Å². The summed E-state index contributed by atoms with van der Waals surface area (Å²) >= 11 is 0. The van der Waals surface area contributed by atoms with E-state index in [-0.39, 0.29) is 23.7 Å². The van der Waals surface area contributed by atoms with E-state index in [0.29, 0.717) is 31.2 Å². The van der Waals surface area contributed by atoms with E-state index in [1.807, 2.05) is 6.92 Å². The van der Waals surface area contributed by atoms with Gasteiger partial charge in [-0.2, -0.15) is 0 Å². The summed E-state index contributed by atoms with van der Waals surface area (Å²) in [6.45, 7) is 2.39. The number of hydrogen-bond acceptors (Lipinski definition) is 2. The highest BCUT2D eigenvalue weighted by Crippen LogP contribution is 2.74. The Hall–Kier alpha value is -0.640. The molecule has 0 saturated heterocycles. The van der Waals surface area contributed by atoms with E-state index in [2.05, 4.69) is 0 Å². The average molecular weight is 241 g/mol. The fraction of sp³-hybridized carbons (Fsp3) is 0.923. The monoisotopic (exact) mass is 241 g/mol. The topological polar surface area (TPSA) is 63.3 Å². The SMILES string of the molecule is CC1C2C3CCC1(F)CC2C3(CN)CC(=O)O.